The molecule has 0 amide bonds. The molecule has 0 heterocycles. The molecule has 182 valence electrons. The van der Waals surface area contributed by atoms with Crippen LogP contribution < -0.4 is 0 Å². The van der Waals surface area contributed by atoms with E-state index in [1.807, 2.05) is 0 Å². The number of hydrogen-bond acceptors (Lipinski definition) is 0. The average molecular weight is 439 g/mol. The standard InChI is InChI=1S/C32H54/c1-4-19-32(20-17-30(18-21-32)23-28-11-7-26(3)8-12-28)24-31-15-13-29(14-16-31)22-27-9-5-25(2)6-10-27/h25-31H,5-18,20-24H2,1-3H3. The zero-order chi connectivity index (χ0) is 22.4. The molecule has 0 N–H and O–H groups in total. The molecular weight excluding hydrogens is 384 g/mol. The van der Waals surface area contributed by atoms with Crippen molar-refractivity contribution in [1.29, 1.82) is 0 Å². The molecule has 0 heteroatoms. The van der Waals surface area contributed by atoms with E-state index in [1.165, 1.54) is 116 Å². The minimum absolute atomic E-state index is 0.378. The molecule has 4 aliphatic rings. The summed E-state index contributed by atoms with van der Waals surface area (Å²) in [7, 11) is 0. The molecule has 0 unspecified atom stereocenters. The predicted octanol–water partition coefficient (Wildman–Crippen LogP) is 9.82. The molecule has 0 saturated heterocycles. The summed E-state index contributed by atoms with van der Waals surface area (Å²) in [6.45, 7) is 7.01. The van der Waals surface area contributed by atoms with Gasteiger partial charge in [0, 0.05) is 5.41 Å². The molecule has 0 aromatic heterocycles. The summed E-state index contributed by atoms with van der Waals surface area (Å²) < 4.78 is 0. The van der Waals surface area contributed by atoms with Crippen LogP contribution in [0, 0.1) is 58.7 Å². The SMILES string of the molecule is CC#CC1(CC2CCC(CC3CCC(C)CC3)CC2)CCC(CC2CCC(C)CC2)CC1. The van der Waals surface area contributed by atoms with Gasteiger partial charge in [-0.05, 0) is 93.3 Å². The Morgan fingerprint density at radius 3 is 1.34 bits per heavy atom. The average Bonchev–Trinajstić information content (AvgIpc) is 2.80. The van der Waals surface area contributed by atoms with E-state index >= 15 is 0 Å². The van der Waals surface area contributed by atoms with E-state index in [1.54, 1.807) is 6.42 Å². The first-order chi connectivity index (χ1) is 15.5. The molecule has 0 nitrogen and oxygen atoms in total. The van der Waals surface area contributed by atoms with Gasteiger partial charge in [-0.1, -0.05) is 96.8 Å². The van der Waals surface area contributed by atoms with Crippen molar-refractivity contribution in [3.8, 4) is 11.8 Å². The van der Waals surface area contributed by atoms with Crippen LogP contribution in [0.15, 0.2) is 0 Å². The third kappa shape index (κ3) is 7.03. The molecule has 4 rings (SSSR count). The summed E-state index contributed by atoms with van der Waals surface area (Å²) in [5.74, 6) is 14.3. The highest BCUT2D eigenvalue weighted by atomic mass is 14.4. The number of hydrogen-bond donors (Lipinski definition) is 0. The summed E-state index contributed by atoms with van der Waals surface area (Å²) in [6.07, 6.45) is 28.4. The summed E-state index contributed by atoms with van der Waals surface area (Å²) >= 11 is 0. The van der Waals surface area contributed by atoms with Crippen LogP contribution in [0.4, 0.5) is 0 Å². The lowest BCUT2D eigenvalue weighted by molar-refractivity contribution is 0.121. The maximum atomic E-state index is 3.81. The molecular formula is C32H54. The fourth-order valence-corrected chi connectivity index (χ4v) is 8.41. The van der Waals surface area contributed by atoms with Crippen LogP contribution in [0.5, 0.6) is 0 Å². The second kappa shape index (κ2) is 11.8. The first-order valence-corrected chi connectivity index (χ1v) is 15.0. The van der Waals surface area contributed by atoms with E-state index in [-0.39, 0.29) is 0 Å². The highest BCUT2D eigenvalue weighted by molar-refractivity contribution is 5.12. The van der Waals surface area contributed by atoms with Gasteiger partial charge in [-0.25, -0.2) is 0 Å². The predicted molar refractivity (Wildman–Crippen MR) is 139 cm³/mol. The van der Waals surface area contributed by atoms with Gasteiger partial charge in [0.05, 0.1) is 0 Å². The maximum absolute atomic E-state index is 3.81. The van der Waals surface area contributed by atoms with Crippen molar-refractivity contribution >= 4 is 0 Å². The van der Waals surface area contributed by atoms with Gasteiger partial charge in [0.15, 0.2) is 0 Å². The van der Waals surface area contributed by atoms with Crippen LogP contribution in [0.1, 0.15) is 143 Å². The summed E-state index contributed by atoms with van der Waals surface area (Å²) in [6, 6.07) is 0. The van der Waals surface area contributed by atoms with Gasteiger partial charge >= 0.3 is 0 Å². The lowest BCUT2D eigenvalue weighted by atomic mass is 9.63. The molecule has 0 spiro atoms. The van der Waals surface area contributed by atoms with Crippen LogP contribution in [0.25, 0.3) is 0 Å². The molecule has 4 saturated carbocycles. The van der Waals surface area contributed by atoms with Crippen LogP contribution in [0.3, 0.4) is 0 Å². The van der Waals surface area contributed by atoms with Gasteiger partial charge < -0.3 is 0 Å². The first-order valence-electron chi connectivity index (χ1n) is 15.0. The van der Waals surface area contributed by atoms with Crippen LogP contribution in [-0.2, 0) is 0 Å². The molecule has 0 bridgehead atoms. The Morgan fingerprint density at radius 2 is 0.906 bits per heavy atom. The van der Waals surface area contributed by atoms with Crippen molar-refractivity contribution in [2.75, 3.05) is 0 Å². The summed E-state index contributed by atoms with van der Waals surface area (Å²) in [5.41, 5.74) is 0.378. The van der Waals surface area contributed by atoms with Crippen molar-refractivity contribution in [2.45, 2.75) is 143 Å². The highest BCUT2D eigenvalue weighted by Crippen LogP contribution is 2.49. The summed E-state index contributed by atoms with van der Waals surface area (Å²) in [4.78, 5) is 0. The van der Waals surface area contributed by atoms with Crippen molar-refractivity contribution in [2.24, 2.45) is 46.8 Å². The Kier molecular flexibility index (Phi) is 9.10. The van der Waals surface area contributed by atoms with E-state index in [9.17, 15) is 0 Å². The quantitative estimate of drug-likeness (QED) is 0.362. The fourth-order valence-electron chi connectivity index (χ4n) is 8.41. The Labute approximate surface area is 201 Å². The van der Waals surface area contributed by atoms with Gasteiger partial charge in [0.1, 0.15) is 0 Å². The molecule has 0 atom stereocenters. The van der Waals surface area contributed by atoms with Crippen LogP contribution in [0.2, 0.25) is 0 Å². The highest BCUT2D eigenvalue weighted by Gasteiger charge is 2.38. The third-order valence-electron chi connectivity index (χ3n) is 10.7. The Hall–Kier alpha value is -0.440. The Bertz CT molecular complexity index is 588. The molecule has 32 heavy (non-hydrogen) atoms. The zero-order valence-electron chi connectivity index (χ0n) is 22.0. The van der Waals surface area contributed by atoms with Gasteiger partial charge in [-0.2, -0.15) is 0 Å². The monoisotopic (exact) mass is 438 g/mol. The van der Waals surface area contributed by atoms with Crippen LogP contribution in [-0.4, -0.2) is 0 Å². The smallest absolute Gasteiger partial charge is 0.0317 e. The Balaban J connectivity index is 1.20. The largest absolute Gasteiger partial charge is 0.106 e. The molecule has 4 fully saturated rings. The maximum Gasteiger partial charge on any atom is 0.0317 e. The number of rotatable bonds is 6. The van der Waals surface area contributed by atoms with E-state index < -0.39 is 0 Å². The lowest BCUT2D eigenvalue weighted by Crippen LogP contribution is -2.31. The minimum Gasteiger partial charge on any atom is -0.106 e. The van der Waals surface area contributed by atoms with E-state index in [0.29, 0.717) is 5.41 Å². The van der Waals surface area contributed by atoms with E-state index in [4.69, 9.17) is 0 Å². The minimum atomic E-state index is 0.378. The van der Waals surface area contributed by atoms with Crippen molar-refractivity contribution in [3.63, 3.8) is 0 Å². The fraction of sp³-hybridized carbons (Fsp3) is 0.938. The third-order valence-corrected chi connectivity index (χ3v) is 10.7. The molecule has 0 radical (unpaired) electrons. The van der Waals surface area contributed by atoms with Crippen LogP contribution >= 0.6 is 0 Å². The van der Waals surface area contributed by atoms with E-state index in [0.717, 1.165) is 41.4 Å². The van der Waals surface area contributed by atoms with Gasteiger partial charge in [0.25, 0.3) is 0 Å². The first kappa shape index (κ1) is 24.7. The lowest BCUT2D eigenvalue weighted by Gasteiger charge is -2.42. The van der Waals surface area contributed by atoms with Crippen molar-refractivity contribution in [3.05, 3.63) is 0 Å². The molecule has 0 aromatic carbocycles. The normalized spacial score (nSPS) is 43.3. The van der Waals surface area contributed by atoms with Crippen molar-refractivity contribution < 1.29 is 0 Å². The molecule has 4 aliphatic carbocycles. The molecule has 0 aromatic rings. The Morgan fingerprint density at radius 1 is 0.531 bits per heavy atom. The van der Waals surface area contributed by atoms with Crippen molar-refractivity contribution in [1.82, 2.24) is 0 Å². The summed E-state index contributed by atoms with van der Waals surface area (Å²) in [5, 5.41) is 0. The van der Waals surface area contributed by atoms with Gasteiger partial charge in [-0.15, -0.1) is 5.92 Å². The van der Waals surface area contributed by atoms with Gasteiger partial charge in [-0.3, -0.25) is 0 Å². The topological polar surface area (TPSA) is 0 Å². The molecule has 0 aliphatic heterocycles. The second-order valence-corrected chi connectivity index (χ2v) is 13.4. The van der Waals surface area contributed by atoms with E-state index in [2.05, 4.69) is 32.6 Å². The van der Waals surface area contributed by atoms with Gasteiger partial charge in [0.2, 0.25) is 0 Å². The second-order valence-electron chi connectivity index (χ2n) is 13.4. The zero-order valence-corrected chi connectivity index (χ0v) is 22.0.